The highest BCUT2D eigenvalue weighted by Gasteiger charge is 2.28. The molecule has 0 aromatic carbocycles. The van der Waals surface area contributed by atoms with Crippen molar-refractivity contribution in [3.05, 3.63) is 0 Å². The molecule has 2 aliphatic rings. The van der Waals surface area contributed by atoms with E-state index < -0.39 is 0 Å². The van der Waals surface area contributed by atoms with E-state index in [-0.39, 0.29) is 11.9 Å². The molecule has 1 atom stereocenters. The Morgan fingerprint density at radius 2 is 1.90 bits per heavy atom. The fourth-order valence-corrected chi connectivity index (χ4v) is 2.92. The van der Waals surface area contributed by atoms with Crippen LogP contribution in [-0.2, 0) is 4.79 Å². The second-order valence-electron chi connectivity index (χ2n) is 6.67. The van der Waals surface area contributed by atoms with Crippen LogP contribution >= 0.6 is 0 Å². The van der Waals surface area contributed by atoms with Gasteiger partial charge in [0.1, 0.15) is 0 Å². The fraction of sp³-hybridized carbons (Fsp3) is 0.933. The standard InChI is InChI=1S/C15H30N4O/c1-12(2)11-18-5-7-19(8-6-18)14(10-16)9-15(20)17-13-3-4-13/h12-14H,3-11,16H2,1-2H3,(H,17,20). The quantitative estimate of drug-likeness (QED) is 0.703. The molecule has 3 N–H and O–H groups in total. The second-order valence-corrected chi connectivity index (χ2v) is 6.67. The van der Waals surface area contributed by atoms with Gasteiger partial charge in [-0.15, -0.1) is 0 Å². The van der Waals surface area contributed by atoms with Crippen LogP contribution < -0.4 is 11.1 Å². The minimum atomic E-state index is 0.174. The monoisotopic (exact) mass is 282 g/mol. The number of carbonyl (C=O) groups is 1. The van der Waals surface area contributed by atoms with E-state index in [2.05, 4.69) is 29.0 Å². The van der Waals surface area contributed by atoms with E-state index in [0.717, 1.165) is 44.9 Å². The van der Waals surface area contributed by atoms with Gasteiger partial charge in [0.15, 0.2) is 0 Å². The summed E-state index contributed by atoms with van der Waals surface area (Å²) in [5, 5.41) is 3.06. The van der Waals surface area contributed by atoms with Crippen molar-refractivity contribution in [2.75, 3.05) is 39.3 Å². The van der Waals surface area contributed by atoms with Crippen LogP contribution in [0.5, 0.6) is 0 Å². The Morgan fingerprint density at radius 1 is 1.25 bits per heavy atom. The van der Waals surface area contributed by atoms with Crippen molar-refractivity contribution < 1.29 is 4.79 Å². The first-order chi connectivity index (χ1) is 9.58. The van der Waals surface area contributed by atoms with Crippen LogP contribution in [0.2, 0.25) is 0 Å². The van der Waals surface area contributed by atoms with Crippen molar-refractivity contribution in [2.24, 2.45) is 11.7 Å². The minimum absolute atomic E-state index is 0.174. The third-order valence-electron chi connectivity index (χ3n) is 4.18. The third-order valence-corrected chi connectivity index (χ3v) is 4.18. The van der Waals surface area contributed by atoms with Crippen molar-refractivity contribution in [2.45, 2.75) is 45.2 Å². The van der Waals surface area contributed by atoms with E-state index in [1.54, 1.807) is 0 Å². The van der Waals surface area contributed by atoms with Crippen LogP contribution in [0.1, 0.15) is 33.1 Å². The smallest absolute Gasteiger partial charge is 0.221 e. The van der Waals surface area contributed by atoms with Gasteiger partial charge < -0.3 is 16.0 Å². The molecule has 116 valence electrons. The number of rotatable bonds is 7. The molecule has 0 aromatic rings. The largest absolute Gasteiger partial charge is 0.353 e. The zero-order valence-corrected chi connectivity index (χ0v) is 13.0. The van der Waals surface area contributed by atoms with E-state index in [1.165, 1.54) is 6.54 Å². The third kappa shape index (κ3) is 5.04. The summed E-state index contributed by atoms with van der Waals surface area (Å²) in [4.78, 5) is 16.8. The molecule has 20 heavy (non-hydrogen) atoms. The zero-order valence-electron chi connectivity index (χ0n) is 13.0. The molecular formula is C15H30N4O. The molecule has 0 radical (unpaired) electrons. The van der Waals surface area contributed by atoms with E-state index in [9.17, 15) is 4.79 Å². The highest BCUT2D eigenvalue weighted by molar-refractivity contribution is 5.77. The second kappa shape index (κ2) is 7.38. The average molecular weight is 282 g/mol. The molecule has 0 bridgehead atoms. The summed E-state index contributed by atoms with van der Waals surface area (Å²) in [5.41, 5.74) is 5.88. The molecule has 1 aliphatic carbocycles. The van der Waals surface area contributed by atoms with E-state index in [1.807, 2.05) is 0 Å². The number of hydrogen-bond donors (Lipinski definition) is 2. The number of nitrogens with one attached hydrogen (secondary N) is 1. The summed E-state index contributed by atoms with van der Waals surface area (Å²) in [5.74, 6) is 0.892. The first-order valence-corrected chi connectivity index (χ1v) is 8.04. The van der Waals surface area contributed by atoms with E-state index in [0.29, 0.717) is 19.0 Å². The maximum Gasteiger partial charge on any atom is 0.221 e. The Kier molecular flexibility index (Phi) is 5.81. The molecule has 1 unspecified atom stereocenters. The lowest BCUT2D eigenvalue weighted by Crippen LogP contribution is -2.53. The average Bonchev–Trinajstić information content (AvgIpc) is 3.20. The summed E-state index contributed by atoms with van der Waals surface area (Å²) in [6.45, 7) is 10.5. The first-order valence-electron chi connectivity index (χ1n) is 8.04. The molecular weight excluding hydrogens is 252 g/mol. The first kappa shape index (κ1) is 15.7. The van der Waals surface area contributed by atoms with Crippen LogP contribution in [-0.4, -0.2) is 67.1 Å². The lowest BCUT2D eigenvalue weighted by atomic mass is 10.1. The lowest BCUT2D eigenvalue weighted by Gasteiger charge is -2.39. The highest BCUT2D eigenvalue weighted by Crippen LogP contribution is 2.19. The molecule has 2 fully saturated rings. The van der Waals surface area contributed by atoms with Crippen molar-refractivity contribution in [3.63, 3.8) is 0 Å². The number of nitrogens with zero attached hydrogens (tertiary/aromatic N) is 2. The summed E-state index contributed by atoms with van der Waals surface area (Å²) in [6.07, 6.45) is 2.84. The van der Waals surface area contributed by atoms with Gasteiger partial charge in [-0.25, -0.2) is 0 Å². The molecule has 1 amide bonds. The van der Waals surface area contributed by atoms with Gasteiger partial charge in [0, 0.05) is 57.8 Å². The predicted molar refractivity (Wildman–Crippen MR) is 81.5 cm³/mol. The lowest BCUT2D eigenvalue weighted by molar-refractivity contribution is -0.122. The fourth-order valence-electron chi connectivity index (χ4n) is 2.92. The number of amides is 1. The van der Waals surface area contributed by atoms with Crippen LogP contribution in [0.25, 0.3) is 0 Å². The minimum Gasteiger partial charge on any atom is -0.353 e. The summed E-state index contributed by atoms with van der Waals surface area (Å²) < 4.78 is 0. The van der Waals surface area contributed by atoms with Gasteiger partial charge in [0.25, 0.3) is 0 Å². The van der Waals surface area contributed by atoms with Gasteiger partial charge in [-0.3, -0.25) is 9.69 Å². The van der Waals surface area contributed by atoms with Crippen molar-refractivity contribution in [1.82, 2.24) is 15.1 Å². The van der Waals surface area contributed by atoms with Crippen LogP contribution in [0.4, 0.5) is 0 Å². The van der Waals surface area contributed by atoms with Gasteiger partial charge in [-0.1, -0.05) is 13.8 Å². The highest BCUT2D eigenvalue weighted by atomic mass is 16.1. The summed E-state index contributed by atoms with van der Waals surface area (Å²) in [7, 11) is 0. The van der Waals surface area contributed by atoms with Crippen molar-refractivity contribution >= 4 is 5.91 Å². The Labute approximate surface area is 122 Å². The Balaban J connectivity index is 1.72. The Morgan fingerprint density at radius 3 is 2.40 bits per heavy atom. The van der Waals surface area contributed by atoms with E-state index >= 15 is 0 Å². The van der Waals surface area contributed by atoms with Crippen molar-refractivity contribution in [3.8, 4) is 0 Å². The van der Waals surface area contributed by atoms with Gasteiger partial charge in [0.2, 0.25) is 5.91 Å². The molecule has 5 nitrogen and oxygen atoms in total. The predicted octanol–water partition coefficient (Wildman–Crippen LogP) is 0.256. The molecule has 0 aromatic heterocycles. The van der Waals surface area contributed by atoms with Crippen LogP contribution in [0.3, 0.4) is 0 Å². The molecule has 0 spiro atoms. The molecule has 2 rings (SSSR count). The number of piperazine rings is 1. The summed E-state index contributed by atoms with van der Waals surface area (Å²) >= 11 is 0. The zero-order chi connectivity index (χ0) is 14.5. The Bertz CT molecular complexity index is 309. The number of hydrogen-bond acceptors (Lipinski definition) is 4. The maximum absolute atomic E-state index is 11.9. The molecule has 1 aliphatic heterocycles. The van der Waals surface area contributed by atoms with Crippen LogP contribution in [0.15, 0.2) is 0 Å². The molecule has 1 saturated heterocycles. The molecule has 5 heteroatoms. The van der Waals surface area contributed by atoms with Crippen LogP contribution in [0, 0.1) is 5.92 Å². The van der Waals surface area contributed by atoms with Gasteiger partial charge in [-0.05, 0) is 18.8 Å². The number of nitrogens with two attached hydrogens (primary N) is 1. The summed E-state index contributed by atoms with van der Waals surface area (Å²) in [6, 6.07) is 0.652. The van der Waals surface area contributed by atoms with Gasteiger partial charge >= 0.3 is 0 Å². The molecule has 1 saturated carbocycles. The van der Waals surface area contributed by atoms with E-state index in [4.69, 9.17) is 5.73 Å². The van der Waals surface area contributed by atoms with Gasteiger partial charge in [-0.2, -0.15) is 0 Å². The molecule has 1 heterocycles. The van der Waals surface area contributed by atoms with Gasteiger partial charge in [0.05, 0.1) is 0 Å². The SMILES string of the molecule is CC(C)CN1CCN(C(CN)CC(=O)NC2CC2)CC1. The topological polar surface area (TPSA) is 61.6 Å². The number of carbonyl (C=O) groups excluding carboxylic acids is 1. The normalized spacial score (nSPS) is 23.0. The Hall–Kier alpha value is -0.650. The maximum atomic E-state index is 11.9. The van der Waals surface area contributed by atoms with Crippen molar-refractivity contribution in [1.29, 1.82) is 0 Å².